The standard InChI is InChI=1S/C18H37NO2/c1-6-8-9-15(7-2)13-20-14-17-11-10-16(21-17)12-19-18(3,4)5/h15-17,19H,6-14H2,1-5H3. The maximum atomic E-state index is 6.07. The third-order valence-corrected chi connectivity index (χ3v) is 4.26. The number of rotatable bonds is 10. The first-order valence-electron chi connectivity index (χ1n) is 8.92. The first-order chi connectivity index (χ1) is 9.94. The van der Waals surface area contributed by atoms with Gasteiger partial charge in [-0.05, 0) is 46.0 Å². The van der Waals surface area contributed by atoms with Gasteiger partial charge in [0.05, 0.1) is 18.8 Å². The third kappa shape index (κ3) is 8.80. The Morgan fingerprint density at radius 1 is 1.19 bits per heavy atom. The Balaban J connectivity index is 2.11. The lowest BCUT2D eigenvalue weighted by atomic mass is 10.0. The van der Waals surface area contributed by atoms with E-state index in [0.717, 1.165) is 38.5 Å². The van der Waals surface area contributed by atoms with Gasteiger partial charge < -0.3 is 14.8 Å². The van der Waals surface area contributed by atoms with Crippen molar-refractivity contribution in [3.8, 4) is 0 Å². The molecule has 1 aliphatic rings. The Morgan fingerprint density at radius 3 is 2.52 bits per heavy atom. The highest BCUT2D eigenvalue weighted by molar-refractivity contribution is 4.79. The Hall–Kier alpha value is -0.120. The van der Waals surface area contributed by atoms with Crippen molar-refractivity contribution in [3.63, 3.8) is 0 Å². The van der Waals surface area contributed by atoms with Gasteiger partial charge in [0.15, 0.2) is 0 Å². The number of unbranched alkanes of at least 4 members (excludes halogenated alkanes) is 1. The van der Waals surface area contributed by atoms with E-state index in [1.807, 2.05) is 0 Å². The first kappa shape index (κ1) is 18.9. The minimum absolute atomic E-state index is 0.172. The van der Waals surface area contributed by atoms with E-state index in [0.29, 0.717) is 12.2 Å². The van der Waals surface area contributed by atoms with E-state index in [4.69, 9.17) is 9.47 Å². The van der Waals surface area contributed by atoms with Gasteiger partial charge in [-0.3, -0.25) is 0 Å². The molecule has 1 aliphatic heterocycles. The van der Waals surface area contributed by atoms with Crippen LogP contribution in [-0.4, -0.2) is 37.5 Å². The zero-order valence-electron chi connectivity index (χ0n) is 14.9. The van der Waals surface area contributed by atoms with Gasteiger partial charge >= 0.3 is 0 Å². The molecule has 0 aromatic carbocycles. The van der Waals surface area contributed by atoms with Crippen LogP contribution < -0.4 is 5.32 Å². The second-order valence-electron chi connectivity index (χ2n) is 7.54. The van der Waals surface area contributed by atoms with Crippen molar-refractivity contribution in [2.75, 3.05) is 19.8 Å². The van der Waals surface area contributed by atoms with Crippen LogP contribution in [-0.2, 0) is 9.47 Å². The average Bonchev–Trinajstić information content (AvgIpc) is 2.87. The molecule has 0 spiro atoms. The van der Waals surface area contributed by atoms with Crippen LogP contribution in [0.2, 0.25) is 0 Å². The van der Waals surface area contributed by atoms with Gasteiger partial charge in [-0.1, -0.05) is 33.1 Å². The predicted octanol–water partition coefficient (Wildman–Crippen LogP) is 4.16. The lowest BCUT2D eigenvalue weighted by Gasteiger charge is -2.23. The van der Waals surface area contributed by atoms with Gasteiger partial charge in [0.2, 0.25) is 0 Å². The van der Waals surface area contributed by atoms with Crippen LogP contribution >= 0.6 is 0 Å². The Morgan fingerprint density at radius 2 is 1.90 bits per heavy atom. The monoisotopic (exact) mass is 299 g/mol. The van der Waals surface area contributed by atoms with Crippen LogP contribution in [0.1, 0.15) is 73.1 Å². The molecule has 126 valence electrons. The molecule has 0 aliphatic carbocycles. The SMILES string of the molecule is CCCCC(CC)COCC1CCC(CNC(C)(C)C)O1. The Labute approximate surface area is 132 Å². The lowest BCUT2D eigenvalue weighted by molar-refractivity contribution is -0.0242. The predicted molar refractivity (Wildman–Crippen MR) is 89.8 cm³/mol. The van der Waals surface area contributed by atoms with Crippen LogP contribution in [0, 0.1) is 5.92 Å². The zero-order valence-corrected chi connectivity index (χ0v) is 14.9. The summed E-state index contributed by atoms with van der Waals surface area (Å²) in [6, 6.07) is 0. The summed E-state index contributed by atoms with van der Waals surface area (Å²) in [6.07, 6.45) is 8.10. The molecular formula is C18H37NO2. The van der Waals surface area contributed by atoms with Gasteiger partial charge in [-0.2, -0.15) is 0 Å². The second kappa shape index (κ2) is 9.81. The quantitative estimate of drug-likeness (QED) is 0.657. The van der Waals surface area contributed by atoms with Gasteiger partial charge in [0, 0.05) is 18.7 Å². The maximum Gasteiger partial charge on any atom is 0.0813 e. The summed E-state index contributed by atoms with van der Waals surface area (Å²) in [5, 5.41) is 3.53. The van der Waals surface area contributed by atoms with Crippen LogP contribution in [0.25, 0.3) is 0 Å². The molecule has 1 rings (SSSR count). The highest BCUT2D eigenvalue weighted by Gasteiger charge is 2.26. The summed E-state index contributed by atoms with van der Waals surface area (Å²) in [5.41, 5.74) is 0.172. The van der Waals surface area contributed by atoms with Crippen molar-refractivity contribution in [1.82, 2.24) is 5.32 Å². The van der Waals surface area contributed by atoms with E-state index in [1.165, 1.54) is 25.7 Å². The summed E-state index contributed by atoms with van der Waals surface area (Å²) < 4.78 is 12.0. The summed E-state index contributed by atoms with van der Waals surface area (Å²) in [4.78, 5) is 0. The minimum atomic E-state index is 0.172. The molecule has 0 radical (unpaired) electrons. The van der Waals surface area contributed by atoms with Crippen LogP contribution in [0.3, 0.4) is 0 Å². The van der Waals surface area contributed by atoms with E-state index in [9.17, 15) is 0 Å². The van der Waals surface area contributed by atoms with E-state index in [1.54, 1.807) is 0 Å². The highest BCUT2D eigenvalue weighted by atomic mass is 16.5. The molecule has 3 heteroatoms. The van der Waals surface area contributed by atoms with Gasteiger partial charge in [0.25, 0.3) is 0 Å². The summed E-state index contributed by atoms with van der Waals surface area (Å²) >= 11 is 0. The zero-order chi connectivity index (χ0) is 15.7. The molecule has 1 N–H and O–H groups in total. The molecule has 0 saturated carbocycles. The normalized spacial score (nSPS) is 24.4. The molecule has 1 fully saturated rings. The minimum Gasteiger partial charge on any atom is -0.378 e. The first-order valence-corrected chi connectivity index (χ1v) is 8.92. The molecule has 21 heavy (non-hydrogen) atoms. The molecule has 0 aromatic heterocycles. The number of hydrogen-bond acceptors (Lipinski definition) is 3. The number of nitrogens with one attached hydrogen (secondary N) is 1. The third-order valence-electron chi connectivity index (χ3n) is 4.26. The average molecular weight is 299 g/mol. The smallest absolute Gasteiger partial charge is 0.0813 e. The fraction of sp³-hybridized carbons (Fsp3) is 1.00. The number of ether oxygens (including phenoxy) is 2. The topological polar surface area (TPSA) is 30.5 Å². The molecule has 0 bridgehead atoms. The summed E-state index contributed by atoms with van der Waals surface area (Å²) in [5.74, 6) is 0.727. The fourth-order valence-electron chi connectivity index (χ4n) is 2.74. The maximum absolute atomic E-state index is 6.07. The molecule has 1 saturated heterocycles. The van der Waals surface area contributed by atoms with Gasteiger partial charge in [-0.15, -0.1) is 0 Å². The molecule has 3 nitrogen and oxygen atoms in total. The highest BCUT2D eigenvalue weighted by Crippen LogP contribution is 2.21. The van der Waals surface area contributed by atoms with Crippen molar-refractivity contribution in [1.29, 1.82) is 0 Å². The van der Waals surface area contributed by atoms with Crippen LogP contribution in [0.5, 0.6) is 0 Å². The Kier molecular flexibility index (Phi) is 8.84. The molecule has 0 aromatic rings. The fourth-order valence-corrected chi connectivity index (χ4v) is 2.74. The van der Waals surface area contributed by atoms with Crippen molar-refractivity contribution < 1.29 is 9.47 Å². The van der Waals surface area contributed by atoms with Crippen molar-refractivity contribution in [2.45, 2.75) is 90.9 Å². The number of hydrogen-bond donors (Lipinski definition) is 1. The second-order valence-corrected chi connectivity index (χ2v) is 7.54. The van der Waals surface area contributed by atoms with Crippen molar-refractivity contribution in [3.05, 3.63) is 0 Å². The van der Waals surface area contributed by atoms with E-state index < -0.39 is 0 Å². The summed E-state index contributed by atoms with van der Waals surface area (Å²) in [6.45, 7) is 13.7. The van der Waals surface area contributed by atoms with Gasteiger partial charge in [0.1, 0.15) is 0 Å². The van der Waals surface area contributed by atoms with Gasteiger partial charge in [-0.25, -0.2) is 0 Å². The van der Waals surface area contributed by atoms with Crippen molar-refractivity contribution in [2.24, 2.45) is 5.92 Å². The van der Waals surface area contributed by atoms with Crippen molar-refractivity contribution >= 4 is 0 Å². The molecule has 3 unspecified atom stereocenters. The molecule has 1 heterocycles. The van der Waals surface area contributed by atoms with E-state index >= 15 is 0 Å². The summed E-state index contributed by atoms with van der Waals surface area (Å²) in [7, 11) is 0. The molecule has 0 amide bonds. The van der Waals surface area contributed by atoms with E-state index in [-0.39, 0.29) is 5.54 Å². The van der Waals surface area contributed by atoms with E-state index in [2.05, 4.69) is 39.9 Å². The van der Waals surface area contributed by atoms with Crippen LogP contribution in [0.15, 0.2) is 0 Å². The lowest BCUT2D eigenvalue weighted by Crippen LogP contribution is -2.41. The molecule has 3 atom stereocenters. The molecular weight excluding hydrogens is 262 g/mol. The van der Waals surface area contributed by atoms with Crippen LogP contribution in [0.4, 0.5) is 0 Å². The largest absolute Gasteiger partial charge is 0.378 e. The Bertz CT molecular complexity index is 262.